The van der Waals surface area contributed by atoms with E-state index in [4.69, 9.17) is 0 Å². The molecule has 0 amide bonds. The smallest absolute Gasteiger partial charge is 0.191 e. The van der Waals surface area contributed by atoms with E-state index in [1.165, 1.54) is 11.8 Å². The fraction of sp³-hybridized carbons (Fsp3) is 0.692. The highest BCUT2D eigenvalue weighted by Gasteiger charge is 2.20. The highest BCUT2D eigenvalue weighted by atomic mass is 32.2. The van der Waals surface area contributed by atoms with Crippen molar-refractivity contribution in [1.82, 2.24) is 9.97 Å². The quantitative estimate of drug-likeness (QED) is 0.650. The molecule has 0 aromatic carbocycles. The highest BCUT2D eigenvalue weighted by molar-refractivity contribution is 7.98. The Morgan fingerprint density at radius 2 is 2.14 bits per heavy atom. The number of rotatable bonds is 5. The van der Waals surface area contributed by atoms with Gasteiger partial charge in [-0.15, -0.1) is 0 Å². The number of sulfone groups is 1. The first-order valence-electron chi connectivity index (χ1n) is 7.16. The number of thioether (sulfide) groups is 1. The summed E-state index contributed by atoms with van der Waals surface area (Å²) in [7, 11) is -2.91. The van der Waals surface area contributed by atoms with E-state index in [1.54, 1.807) is 0 Å². The summed E-state index contributed by atoms with van der Waals surface area (Å²) in [5, 5.41) is 3.98. The third-order valence-electron chi connectivity index (χ3n) is 3.31. The molecule has 21 heavy (non-hydrogen) atoms. The minimum atomic E-state index is -2.91. The van der Waals surface area contributed by atoms with Gasteiger partial charge < -0.3 is 10.2 Å². The molecule has 1 aromatic rings. The first-order chi connectivity index (χ1) is 10.0. The molecule has 1 aliphatic heterocycles. The molecular weight excluding hydrogens is 308 g/mol. The third kappa shape index (κ3) is 4.74. The van der Waals surface area contributed by atoms with Crippen molar-refractivity contribution < 1.29 is 8.42 Å². The summed E-state index contributed by atoms with van der Waals surface area (Å²) in [6.45, 7) is 4.18. The van der Waals surface area contributed by atoms with Gasteiger partial charge in [-0.1, -0.05) is 18.7 Å². The number of anilines is 2. The van der Waals surface area contributed by atoms with Crippen LogP contribution in [0.4, 0.5) is 11.6 Å². The minimum Gasteiger partial charge on any atom is -0.370 e. The Labute approximate surface area is 130 Å². The zero-order valence-electron chi connectivity index (χ0n) is 12.5. The minimum absolute atomic E-state index is 0.198. The van der Waals surface area contributed by atoms with E-state index in [-0.39, 0.29) is 11.5 Å². The number of hydrogen-bond acceptors (Lipinski definition) is 7. The Bertz CT molecular complexity index is 578. The molecule has 0 radical (unpaired) electrons. The second kappa shape index (κ2) is 7.31. The van der Waals surface area contributed by atoms with Gasteiger partial charge in [0.1, 0.15) is 11.6 Å². The van der Waals surface area contributed by atoms with E-state index in [0.29, 0.717) is 18.1 Å². The Hall–Kier alpha value is -1.02. The monoisotopic (exact) mass is 330 g/mol. The summed E-state index contributed by atoms with van der Waals surface area (Å²) in [6, 6.07) is 1.91. The van der Waals surface area contributed by atoms with Crippen molar-refractivity contribution in [2.45, 2.75) is 24.9 Å². The summed E-state index contributed by atoms with van der Waals surface area (Å²) < 4.78 is 23.4. The van der Waals surface area contributed by atoms with E-state index in [0.717, 1.165) is 31.1 Å². The molecule has 1 N–H and O–H groups in total. The van der Waals surface area contributed by atoms with Crippen LogP contribution in [0.1, 0.15) is 19.8 Å². The lowest BCUT2D eigenvalue weighted by Crippen LogP contribution is -2.28. The van der Waals surface area contributed by atoms with Crippen LogP contribution in [0.5, 0.6) is 0 Å². The van der Waals surface area contributed by atoms with Crippen molar-refractivity contribution >= 4 is 33.2 Å². The summed E-state index contributed by atoms with van der Waals surface area (Å²) in [4.78, 5) is 11.0. The van der Waals surface area contributed by atoms with Crippen molar-refractivity contribution in [3.8, 4) is 0 Å². The molecule has 0 spiro atoms. The van der Waals surface area contributed by atoms with Crippen LogP contribution in [0.3, 0.4) is 0 Å². The molecular formula is C13H22N4O2S2. The van der Waals surface area contributed by atoms with Crippen LogP contribution in [0.15, 0.2) is 11.2 Å². The van der Waals surface area contributed by atoms with Gasteiger partial charge in [0.15, 0.2) is 15.0 Å². The van der Waals surface area contributed by atoms with Crippen LogP contribution >= 0.6 is 11.8 Å². The van der Waals surface area contributed by atoms with Gasteiger partial charge in [-0.25, -0.2) is 18.4 Å². The largest absolute Gasteiger partial charge is 0.370 e. The molecule has 0 aliphatic carbocycles. The third-order valence-corrected chi connectivity index (χ3v) is 5.57. The van der Waals surface area contributed by atoms with Crippen molar-refractivity contribution in [2.75, 3.05) is 47.6 Å². The Kier molecular flexibility index (Phi) is 5.69. The van der Waals surface area contributed by atoms with Crippen molar-refractivity contribution in [3.05, 3.63) is 6.07 Å². The molecule has 1 aliphatic rings. The number of hydrogen-bond donors (Lipinski definition) is 1. The molecule has 2 heterocycles. The topological polar surface area (TPSA) is 75.2 Å². The molecule has 0 saturated carbocycles. The van der Waals surface area contributed by atoms with Crippen LogP contribution in [-0.4, -0.2) is 55.8 Å². The predicted molar refractivity (Wildman–Crippen MR) is 88.1 cm³/mol. The SMILES string of the molecule is CCCNc1cc(N2CCCS(=O)(=O)CC2)nc(SC)n1. The van der Waals surface area contributed by atoms with E-state index in [9.17, 15) is 8.42 Å². The summed E-state index contributed by atoms with van der Waals surface area (Å²) in [5.41, 5.74) is 0. The molecule has 0 atom stereocenters. The maximum Gasteiger partial charge on any atom is 0.191 e. The maximum atomic E-state index is 11.7. The van der Waals surface area contributed by atoms with Crippen LogP contribution in [-0.2, 0) is 9.84 Å². The van der Waals surface area contributed by atoms with Gasteiger partial charge in [0.25, 0.3) is 0 Å². The van der Waals surface area contributed by atoms with E-state index >= 15 is 0 Å². The van der Waals surface area contributed by atoms with Crippen molar-refractivity contribution in [3.63, 3.8) is 0 Å². The fourth-order valence-corrected chi connectivity index (χ4v) is 3.82. The number of aromatic nitrogens is 2. The van der Waals surface area contributed by atoms with Crippen LogP contribution in [0, 0.1) is 0 Å². The van der Waals surface area contributed by atoms with E-state index < -0.39 is 9.84 Å². The lowest BCUT2D eigenvalue weighted by molar-refractivity contribution is 0.597. The van der Waals surface area contributed by atoms with Crippen molar-refractivity contribution in [1.29, 1.82) is 0 Å². The second-order valence-electron chi connectivity index (χ2n) is 5.02. The molecule has 1 fully saturated rings. The van der Waals surface area contributed by atoms with Crippen LogP contribution in [0.2, 0.25) is 0 Å². The molecule has 1 aromatic heterocycles. The summed E-state index contributed by atoms with van der Waals surface area (Å²) >= 11 is 1.49. The highest BCUT2D eigenvalue weighted by Crippen LogP contribution is 2.22. The second-order valence-corrected chi connectivity index (χ2v) is 8.09. The predicted octanol–water partition coefficient (Wildman–Crippen LogP) is 1.65. The maximum absolute atomic E-state index is 11.7. The van der Waals surface area contributed by atoms with E-state index in [2.05, 4.69) is 22.2 Å². The molecule has 118 valence electrons. The first-order valence-corrected chi connectivity index (χ1v) is 10.2. The van der Waals surface area contributed by atoms with Gasteiger partial charge in [0, 0.05) is 25.7 Å². The van der Waals surface area contributed by atoms with Gasteiger partial charge in [0.2, 0.25) is 0 Å². The van der Waals surface area contributed by atoms with Crippen LogP contribution < -0.4 is 10.2 Å². The van der Waals surface area contributed by atoms with Gasteiger partial charge in [-0.05, 0) is 19.1 Å². The standard InChI is InChI=1S/C13H22N4O2S2/c1-3-5-14-11-10-12(16-13(15-11)20-2)17-6-4-8-21(18,19)9-7-17/h10H,3-9H2,1-2H3,(H,14,15,16). The van der Waals surface area contributed by atoms with Gasteiger partial charge in [-0.2, -0.15) is 0 Å². The lowest BCUT2D eigenvalue weighted by Gasteiger charge is -2.21. The normalized spacial score (nSPS) is 18.3. The molecule has 0 bridgehead atoms. The average molecular weight is 330 g/mol. The Morgan fingerprint density at radius 1 is 1.33 bits per heavy atom. The summed E-state index contributed by atoms with van der Waals surface area (Å²) in [5.74, 6) is 2.08. The van der Waals surface area contributed by atoms with Gasteiger partial charge in [0.05, 0.1) is 11.5 Å². The van der Waals surface area contributed by atoms with Gasteiger partial charge >= 0.3 is 0 Å². The zero-order chi connectivity index (χ0) is 15.3. The van der Waals surface area contributed by atoms with E-state index in [1.807, 2.05) is 17.2 Å². The number of nitrogens with one attached hydrogen (secondary N) is 1. The molecule has 1 saturated heterocycles. The number of nitrogens with zero attached hydrogens (tertiary/aromatic N) is 3. The molecule has 6 nitrogen and oxygen atoms in total. The van der Waals surface area contributed by atoms with Crippen molar-refractivity contribution in [2.24, 2.45) is 0 Å². The summed E-state index contributed by atoms with van der Waals surface area (Å²) in [6.07, 6.45) is 3.62. The molecule has 2 rings (SSSR count). The Balaban J connectivity index is 2.21. The molecule has 0 unspecified atom stereocenters. The molecule has 8 heteroatoms. The zero-order valence-corrected chi connectivity index (χ0v) is 14.1. The average Bonchev–Trinajstić information content (AvgIpc) is 2.65. The lowest BCUT2D eigenvalue weighted by atomic mass is 10.3. The van der Waals surface area contributed by atoms with Crippen LogP contribution in [0.25, 0.3) is 0 Å². The fourth-order valence-electron chi connectivity index (χ4n) is 2.18. The Morgan fingerprint density at radius 3 is 2.86 bits per heavy atom. The van der Waals surface area contributed by atoms with Gasteiger partial charge in [-0.3, -0.25) is 0 Å². The first kappa shape index (κ1) is 16.4.